The molecule has 9 nitrogen and oxygen atoms in total. The number of urea groups is 1. The van der Waals surface area contributed by atoms with Gasteiger partial charge >= 0.3 is 6.03 Å². The number of aromatic nitrogens is 3. The topological polar surface area (TPSA) is 115 Å². The van der Waals surface area contributed by atoms with Crippen molar-refractivity contribution in [2.24, 2.45) is 5.73 Å². The molecule has 3 N–H and O–H groups in total. The average Bonchev–Trinajstić information content (AvgIpc) is 3.49. The van der Waals surface area contributed by atoms with E-state index in [0.717, 1.165) is 54.6 Å². The Morgan fingerprint density at radius 2 is 2.06 bits per heavy atom. The number of fused-ring (bicyclic) bond motifs is 3. The van der Waals surface area contributed by atoms with Crippen molar-refractivity contribution in [2.45, 2.75) is 31.7 Å². The van der Waals surface area contributed by atoms with E-state index in [-0.39, 0.29) is 18.1 Å². The molecular weight excluding hydrogens is 408 g/mol. The number of aryl methyl sites for hydroxylation is 1. The number of nitrogens with zero attached hydrogens (tertiary/aromatic N) is 4. The van der Waals surface area contributed by atoms with Crippen LogP contribution < -0.4 is 15.8 Å². The number of likely N-dealkylation sites (tertiary alicyclic amines) is 1. The van der Waals surface area contributed by atoms with E-state index in [4.69, 9.17) is 15.6 Å². The highest BCUT2D eigenvalue weighted by Crippen LogP contribution is 2.43. The van der Waals surface area contributed by atoms with Gasteiger partial charge in [-0.05, 0) is 50.1 Å². The Kier molecular flexibility index (Phi) is 4.96. The van der Waals surface area contributed by atoms with E-state index in [9.17, 15) is 9.59 Å². The Morgan fingerprint density at radius 3 is 2.88 bits per heavy atom. The molecule has 3 amide bonds. The molecule has 2 aliphatic rings. The number of rotatable bonds is 5. The van der Waals surface area contributed by atoms with Gasteiger partial charge in [-0.25, -0.2) is 4.79 Å². The van der Waals surface area contributed by atoms with Crippen molar-refractivity contribution in [1.82, 2.24) is 25.0 Å². The van der Waals surface area contributed by atoms with Gasteiger partial charge in [-0.2, -0.15) is 5.10 Å². The zero-order chi connectivity index (χ0) is 22.3. The Hall–Kier alpha value is -3.62. The van der Waals surface area contributed by atoms with Crippen LogP contribution in [0.1, 0.15) is 25.5 Å². The minimum Gasteiger partial charge on any atom is -0.484 e. The molecule has 32 heavy (non-hydrogen) atoms. The van der Waals surface area contributed by atoms with Gasteiger partial charge in [0.1, 0.15) is 5.75 Å². The van der Waals surface area contributed by atoms with Crippen LogP contribution in [0.5, 0.6) is 5.75 Å². The van der Waals surface area contributed by atoms with Crippen LogP contribution in [0.3, 0.4) is 0 Å². The molecule has 4 heterocycles. The number of carbonyl (C=O) groups excluding carboxylic acids is 2. The fourth-order valence-corrected chi connectivity index (χ4v) is 4.82. The maximum atomic E-state index is 12.3. The van der Waals surface area contributed by atoms with E-state index in [1.165, 1.54) is 5.69 Å². The second-order valence-corrected chi connectivity index (χ2v) is 8.51. The minimum absolute atomic E-state index is 0.00986. The number of hydrogen-bond donors (Lipinski definition) is 2. The summed E-state index contributed by atoms with van der Waals surface area (Å²) in [6.45, 7) is 4.74. The van der Waals surface area contributed by atoms with Crippen LogP contribution in [0, 0.1) is 0 Å². The van der Waals surface area contributed by atoms with Crippen LogP contribution in [0.2, 0.25) is 0 Å². The molecule has 0 radical (unpaired) electrons. The van der Waals surface area contributed by atoms with Gasteiger partial charge < -0.3 is 20.7 Å². The van der Waals surface area contributed by atoms with Crippen molar-refractivity contribution in [1.29, 1.82) is 0 Å². The Bertz CT molecular complexity index is 1210. The number of benzene rings is 1. The predicted octanol–water partition coefficient (Wildman–Crippen LogP) is 2.04. The summed E-state index contributed by atoms with van der Waals surface area (Å²) in [6, 6.07) is 9.65. The predicted molar refractivity (Wildman–Crippen MR) is 119 cm³/mol. The second-order valence-electron chi connectivity index (χ2n) is 8.51. The van der Waals surface area contributed by atoms with Gasteiger partial charge in [0.05, 0.1) is 11.2 Å². The quantitative estimate of drug-likeness (QED) is 0.638. The summed E-state index contributed by atoms with van der Waals surface area (Å²) in [4.78, 5) is 29.8. The Morgan fingerprint density at radius 1 is 1.22 bits per heavy atom. The maximum absolute atomic E-state index is 12.3. The van der Waals surface area contributed by atoms with Gasteiger partial charge in [-0.1, -0.05) is 0 Å². The Balaban J connectivity index is 1.42. The number of nitrogens with one attached hydrogen (secondary N) is 1. The highest BCUT2D eigenvalue weighted by atomic mass is 16.5. The monoisotopic (exact) mass is 434 g/mol. The summed E-state index contributed by atoms with van der Waals surface area (Å²) in [6.07, 6.45) is 3.78. The first-order valence-corrected chi connectivity index (χ1v) is 10.9. The van der Waals surface area contributed by atoms with Crippen LogP contribution in [0.25, 0.3) is 22.2 Å². The fourth-order valence-electron chi connectivity index (χ4n) is 4.82. The average molecular weight is 435 g/mol. The number of carbonyl (C=O) groups is 2. The van der Waals surface area contributed by atoms with E-state index >= 15 is 0 Å². The molecule has 2 aromatic heterocycles. The number of amides is 3. The van der Waals surface area contributed by atoms with Crippen molar-refractivity contribution in [3.8, 4) is 17.0 Å². The fraction of sp³-hybridized carbons (Fsp3) is 0.391. The molecule has 166 valence electrons. The van der Waals surface area contributed by atoms with Crippen molar-refractivity contribution < 1.29 is 14.3 Å². The number of ether oxygens (including phenoxy) is 1. The van der Waals surface area contributed by atoms with E-state index in [1.54, 1.807) is 6.07 Å². The van der Waals surface area contributed by atoms with E-state index in [1.807, 2.05) is 36.2 Å². The van der Waals surface area contributed by atoms with Crippen molar-refractivity contribution >= 4 is 22.8 Å². The van der Waals surface area contributed by atoms with Gasteiger partial charge in [0, 0.05) is 54.4 Å². The molecule has 1 fully saturated rings. The van der Waals surface area contributed by atoms with Gasteiger partial charge in [0.2, 0.25) is 0 Å². The van der Waals surface area contributed by atoms with Crippen LogP contribution in [0.4, 0.5) is 4.79 Å². The van der Waals surface area contributed by atoms with E-state index in [0.29, 0.717) is 12.3 Å². The van der Waals surface area contributed by atoms with Crippen LogP contribution in [0.15, 0.2) is 36.5 Å². The first kappa shape index (κ1) is 20.3. The normalized spacial score (nSPS) is 19.5. The van der Waals surface area contributed by atoms with Gasteiger partial charge in [0.15, 0.2) is 6.61 Å². The van der Waals surface area contributed by atoms with Crippen LogP contribution in [-0.4, -0.2) is 57.8 Å². The number of primary amides is 1. The molecule has 1 unspecified atom stereocenters. The molecule has 0 saturated carbocycles. The molecule has 1 aromatic carbocycles. The molecular formula is C23H26N6O3. The highest BCUT2D eigenvalue weighted by Gasteiger charge is 2.46. The number of pyridine rings is 1. The lowest BCUT2D eigenvalue weighted by Crippen LogP contribution is -2.40. The summed E-state index contributed by atoms with van der Waals surface area (Å²) in [5.41, 5.74) is 8.94. The lowest BCUT2D eigenvalue weighted by atomic mass is 9.82. The highest BCUT2D eigenvalue weighted by molar-refractivity contribution is 5.84. The van der Waals surface area contributed by atoms with Gasteiger partial charge in [0.25, 0.3) is 5.91 Å². The molecule has 3 aromatic rings. The van der Waals surface area contributed by atoms with Crippen LogP contribution >= 0.6 is 0 Å². The summed E-state index contributed by atoms with van der Waals surface area (Å²) in [5.74, 6) is 0.0500. The lowest BCUT2D eigenvalue weighted by molar-refractivity contribution is -0.119. The number of nitrogens with two attached hydrogens (primary N) is 1. The van der Waals surface area contributed by atoms with Gasteiger partial charge in [-0.15, -0.1) is 0 Å². The Labute approximate surface area is 185 Å². The molecule has 0 aliphatic carbocycles. The lowest BCUT2D eigenvalue weighted by Gasteiger charge is -2.23. The zero-order valence-electron chi connectivity index (χ0n) is 18.0. The molecule has 1 spiro atoms. The van der Waals surface area contributed by atoms with Crippen molar-refractivity contribution in [2.75, 3.05) is 26.2 Å². The smallest absolute Gasteiger partial charge is 0.317 e. The van der Waals surface area contributed by atoms with E-state index < -0.39 is 5.91 Å². The first-order valence-electron chi connectivity index (χ1n) is 10.9. The van der Waals surface area contributed by atoms with Crippen LogP contribution in [-0.2, 0) is 16.8 Å². The third kappa shape index (κ3) is 3.53. The molecule has 0 bridgehead atoms. The maximum Gasteiger partial charge on any atom is 0.317 e. The third-order valence-corrected chi connectivity index (χ3v) is 6.42. The molecule has 1 saturated heterocycles. The third-order valence-electron chi connectivity index (χ3n) is 6.42. The summed E-state index contributed by atoms with van der Waals surface area (Å²) < 4.78 is 7.50. The zero-order valence-corrected chi connectivity index (χ0v) is 18.0. The summed E-state index contributed by atoms with van der Waals surface area (Å²) in [7, 11) is 0. The SMILES string of the molecule is CCNC(=O)N1CCC2(CCn3nc(-c4cnc5ccc(OCC(N)=O)cc5c4)cc32)C1. The van der Waals surface area contributed by atoms with Crippen molar-refractivity contribution in [3.63, 3.8) is 0 Å². The van der Waals surface area contributed by atoms with E-state index in [2.05, 4.69) is 21.0 Å². The molecule has 1 atom stereocenters. The number of hydrogen-bond acceptors (Lipinski definition) is 5. The molecule has 5 rings (SSSR count). The summed E-state index contributed by atoms with van der Waals surface area (Å²) in [5, 5.41) is 8.64. The standard InChI is InChI=1S/C23H26N6O3/c1-2-25-22(31)28-7-5-23(14-28)6-8-29-20(23)11-19(27-29)16-9-15-10-17(32-13-21(24)30)3-4-18(15)26-12-16/h3-4,9-12H,2,5-8,13-14H2,1H3,(H2,24,30)(H,25,31). The second kappa shape index (κ2) is 7.81. The molecule has 2 aliphatic heterocycles. The van der Waals surface area contributed by atoms with Gasteiger partial charge in [-0.3, -0.25) is 14.5 Å². The minimum atomic E-state index is -0.518. The first-order chi connectivity index (χ1) is 15.5. The summed E-state index contributed by atoms with van der Waals surface area (Å²) >= 11 is 0. The molecule has 9 heteroatoms. The van der Waals surface area contributed by atoms with Crippen molar-refractivity contribution in [3.05, 3.63) is 42.2 Å². The largest absolute Gasteiger partial charge is 0.484 e.